The molecule has 0 aromatic carbocycles. The van der Waals surface area contributed by atoms with Crippen LogP contribution in [-0.2, 0) is 47.5 Å². The van der Waals surface area contributed by atoms with Gasteiger partial charge >= 0.3 is 17.2 Å². The van der Waals surface area contributed by atoms with E-state index in [4.69, 9.17) is 37.9 Å². The molecule has 0 bridgehead atoms. The van der Waals surface area contributed by atoms with Gasteiger partial charge in [-0.15, -0.1) is 0 Å². The first-order valence-electron chi connectivity index (χ1n) is 17.6. The van der Waals surface area contributed by atoms with Crippen molar-refractivity contribution in [3.8, 4) is 0 Å². The van der Waals surface area contributed by atoms with Crippen molar-refractivity contribution in [2.24, 2.45) is 23.7 Å². The number of carboxylic acid groups (broad SMARTS) is 1. The molecule has 57 heavy (non-hydrogen) atoms. The number of carbonyl (C=O) groups excluding carboxylic acids is 2. The number of fused-ring (bicyclic) bond motifs is 2. The van der Waals surface area contributed by atoms with Gasteiger partial charge in [0.2, 0.25) is 18.9 Å². The minimum atomic E-state index is -2.02. The Kier molecular flexibility index (Phi) is 13.6. The van der Waals surface area contributed by atoms with Gasteiger partial charge in [-0.3, -0.25) is 0 Å². The normalized spacial score (nSPS) is 42.6. The first kappa shape index (κ1) is 43.3. The van der Waals surface area contributed by atoms with Crippen LogP contribution in [0, 0.1) is 23.7 Å². The molecule has 23 heteroatoms. The summed E-state index contributed by atoms with van der Waals surface area (Å²) in [6, 6.07) is 0. The number of aliphatic carboxylic acids is 1. The molecule has 2 saturated heterocycles. The van der Waals surface area contributed by atoms with E-state index in [2.05, 4.69) is 0 Å². The quantitative estimate of drug-likeness (QED) is 0.0650. The van der Waals surface area contributed by atoms with Gasteiger partial charge in [0.05, 0.1) is 67.5 Å². The predicted molar refractivity (Wildman–Crippen MR) is 181 cm³/mol. The van der Waals surface area contributed by atoms with Crippen LogP contribution in [0.4, 0.5) is 4.79 Å². The molecule has 2 unspecified atom stereocenters. The van der Waals surface area contributed by atoms with Crippen LogP contribution in [0.3, 0.4) is 0 Å². The molecule has 11 N–H and O–H groups in total. The maximum atomic E-state index is 14.0. The number of aliphatic hydroxyl groups excluding tert-OH is 10. The zero-order chi connectivity index (χ0) is 41.5. The number of aliphatic hydroxyl groups is 10. The molecule has 6 rings (SSSR count). The summed E-state index contributed by atoms with van der Waals surface area (Å²) in [6.07, 6.45) is -18.2. The molecule has 2 aliphatic carbocycles. The molecule has 2 fully saturated rings. The summed E-state index contributed by atoms with van der Waals surface area (Å²) in [4.78, 5) is 38.0. The summed E-state index contributed by atoms with van der Waals surface area (Å²) in [6.45, 7) is -2.73. The van der Waals surface area contributed by atoms with Crippen molar-refractivity contribution in [3.05, 3.63) is 47.0 Å². The largest absolute Gasteiger partial charge is 0.478 e. The van der Waals surface area contributed by atoms with E-state index >= 15 is 0 Å². The lowest BCUT2D eigenvalue weighted by Crippen LogP contribution is -2.62. The van der Waals surface area contributed by atoms with Crippen LogP contribution in [-0.4, -0.2) is 192 Å². The average molecular weight is 837 g/mol. The van der Waals surface area contributed by atoms with E-state index in [0.717, 1.165) is 24.3 Å². The van der Waals surface area contributed by atoms with Crippen molar-refractivity contribution in [3.63, 3.8) is 0 Å². The third kappa shape index (κ3) is 8.33. The Labute approximate surface area is 326 Å². The fraction of sp³-hybridized carbons (Fsp3) is 0.676. The number of hydrogen-bond acceptors (Lipinski definition) is 22. The van der Waals surface area contributed by atoms with Crippen LogP contribution in [0.5, 0.6) is 0 Å². The molecule has 6 aliphatic rings. The van der Waals surface area contributed by atoms with Crippen molar-refractivity contribution in [2.75, 3.05) is 32.7 Å². The maximum Gasteiger partial charge on any atom is 0.367 e. The Hall–Kier alpha value is -3.24. The van der Waals surface area contributed by atoms with E-state index in [1.165, 1.54) is 18.4 Å². The second-order valence-electron chi connectivity index (χ2n) is 14.0. The second kappa shape index (κ2) is 17.9. The van der Waals surface area contributed by atoms with Crippen LogP contribution in [0.1, 0.15) is 0 Å². The number of rotatable bonds is 12. The van der Waals surface area contributed by atoms with Gasteiger partial charge in [-0.2, -0.15) is 0 Å². The van der Waals surface area contributed by atoms with E-state index in [-0.39, 0.29) is 16.7 Å². The summed E-state index contributed by atoms with van der Waals surface area (Å²) in [5.74, 6) is -7.54. The highest BCUT2D eigenvalue weighted by Gasteiger charge is 2.56. The van der Waals surface area contributed by atoms with Crippen LogP contribution in [0.2, 0.25) is 0 Å². The number of ether oxygens (including phenoxy) is 8. The third-order valence-corrected chi connectivity index (χ3v) is 11.2. The molecule has 318 valence electrons. The first-order chi connectivity index (χ1) is 27.1. The van der Waals surface area contributed by atoms with Crippen LogP contribution < -0.4 is 0 Å². The Morgan fingerprint density at radius 1 is 0.667 bits per heavy atom. The Bertz CT molecular complexity index is 1630. The number of hydrogen-bond donors (Lipinski definition) is 11. The van der Waals surface area contributed by atoms with E-state index in [1.807, 2.05) is 0 Å². The van der Waals surface area contributed by atoms with Crippen LogP contribution >= 0.6 is 11.8 Å². The highest BCUT2D eigenvalue weighted by atomic mass is 32.2. The van der Waals surface area contributed by atoms with Gasteiger partial charge < -0.3 is 94.1 Å². The molecule has 0 aromatic rings. The molecule has 0 aromatic heterocycles. The summed E-state index contributed by atoms with van der Waals surface area (Å²) < 4.78 is 45.1. The van der Waals surface area contributed by atoms with Crippen molar-refractivity contribution in [1.82, 2.24) is 0 Å². The molecular weight excluding hydrogens is 792 g/mol. The average Bonchev–Trinajstić information content (AvgIpc) is 3.72. The van der Waals surface area contributed by atoms with E-state index in [9.17, 15) is 70.6 Å². The summed E-state index contributed by atoms with van der Waals surface area (Å²) >= 11 is 0.742. The smallest absolute Gasteiger partial charge is 0.367 e. The Balaban J connectivity index is 1.27. The van der Waals surface area contributed by atoms with Gasteiger partial charge in [-0.1, -0.05) is 12.2 Å². The molecule has 4 aliphatic heterocycles. The van der Waals surface area contributed by atoms with E-state index in [0.29, 0.717) is 0 Å². The zero-order valence-corrected chi connectivity index (χ0v) is 30.7. The molecule has 22 nitrogen and oxygen atoms in total. The van der Waals surface area contributed by atoms with Gasteiger partial charge in [-0.05, 0) is 29.2 Å². The van der Waals surface area contributed by atoms with Crippen molar-refractivity contribution in [2.45, 2.75) is 86.2 Å². The van der Waals surface area contributed by atoms with E-state index < -0.39 is 159 Å². The first-order valence-corrected chi connectivity index (χ1v) is 18.9. The SMILES string of the molecule is CSC(=O)OCC1=C[C@H](O)[C@@H]2C(C(=O)O[C@H]3[C@H](O[C@@H]4OC=C(C(=O)O)C5C4C(CO)=C[C@@H]5O)O[C@H](CO)[C@@H](O)[C@@H]3O)=CO[C@@H](O[C@@H]3O[C@H](CO)[C@@H](O)[C@H](O)[C@H]3O)[C@H]12. The maximum absolute atomic E-state index is 14.0. The lowest BCUT2D eigenvalue weighted by molar-refractivity contribution is -0.342. The van der Waals surface area contributed by atoms with Gasteiger partial charge in [0.25, 0.3) is 0 Å². The summed E-state index contributed by atoms with van der Waals surface area (Å²) in [5.41, 5.74) is -0.454. The monoisotopic (exact) mass is 836 g/mol. The standard InChI is InChI=1S/C34H44O22S/c1-57-34(48)51-7-11-3-15(39)21-13(9-50-31(19(11)21)55-32-26(44)24(42)22(40)16(5-36)52-32)29(47)54-27-25(43)23(41)17(6-37)53-33(27)56-30-18-10(4-35)2-14(38)20(18)12(8-49-30)28(45)46/h2-3,8-9,14-27,30-33,35-44H,4-7H2,1H3,(H,45,46)/t14-,15-,16+,17+,18?,19+,20?,21-,22+,23+,24-,25-,26+,27+,30-,31-,32-,33-/m0/s1. The molecule has 0 amide bonds. The Morgan fingerprint density at radius 3 is 1.77 bits per heavy atom. The van der Waals surface area contributed by atoms with Crippen molar-refractivity contribution >= 4 is 29.0 Å². The van der Waals surface area contributed by atoms with Crippen molar-refractivity contribution in [1.29, 1.82) is 0 Å². The predicted octanol–water partition coefficient (Wildman–Crippen LogP) is -4.71. The number of carbonyl (C=O) groups is 3. The summed E-state index contributed by atoms with van der Waals surface area (Å²) in [5, 5.41) is 114. The molecule has 4 heterocycles. The van der Waals surface area contributed by atoms with Gasteiger partial charge in [0.1, 0.15) is 49.3 Å². The minimum absolute atomic E-state index is 0.130. The van der Waals surface area contributed by atoms with Crippen molar-refractivity contribution < 1.29 is 108 Å². The molecule has 0 spiro atoms. The minimum Gasteiger partial charge on any atom is -0.478 e. The third-order valence-electron chi connectivity index (χ3n) is 10.7. The lowest BCUT2D eigenvalue weighted by atomic mass is 9.82. The van der Waals surface area contributed by atoms with Crippen LogP contribution in [0.15, 0.2) is 47.0 Å². The highest BCUT2D eigenvalue weighted by molar-refractivity contribution is 8.12. The van der Waals surface area contributed by atoms with Crippen LogP contribution in [0.25, 0.3) is 0 Å². The lowest BCUT2D eigenvalue weighted by Gasteiger charge is -2.44. The summed E-state index contributed by atoms with van der Waals surface area (Å²) in [7, 11) is 0. The Morgan fingerprint density at radius 2 is 1.19 bits per heavy atom. The number of carboxylic acids is 1. The second-order valence-corrected chi connectivity index (χ2v) is 14.7. The molecule has 0 saturated carbocycles. The fourth-order valence-electron chi connectivity index (χ4n) is 7.85. The van der Waals surface area contributed by atoms with Gasteiger partial charge in [0.15, 0.2) is 12.4 Å². The fourth-order valence-corrected chi connectivity index (χ4v) is 8.02. The molecule has 18 atom stereocenters. The molecule has 0 radical (unpaired) electrons. The van der Waals surface area contributed by atoms with Gasteiger partial charge in [-0.25, -0.2) is 14.4 Å². The highest BCUT2D eigenvalue weighted by Crippen LogP contribution is 2.47. The zero-order valence-electron chi connectivity index (χ0n) is 29.8. The number of esters is 1. The van der Waals surface area contributed by atoms with Gasteiger partial charge in [0, 0.05) is 11.8 Å². The topological polar surface area (TPSA) is 348 Å². The number of thioether (sulfide) groups is 1. The van der Waals surface area contributed by atoms with E-state index in [1.54, 1.807) is 0 Å². The molecular formula is C34H44O22S.